The Bertz CT molecular complexity index is 162. The standard InChI is InChI=1S/C6H8O4.Na.H/c1-4(7)3-6(9)10-5(2)8;;/h3H2,1-2H3;;/q;+1;-1. The first-order valence-corrected chi connectivity index (χ1v) is 2.73. The number of carbonyl (C=O) groups excluding carboxylic acids is 3. The van der Waals surface area contributed by atoms with Crippen molar-refractivity contribution in [1.82, 2.24) is 0 Å². The first kappa shape index (κ1) is 13.4. The Morgan fingerprint density at radius 2 is 1.73 bits per heavy atom. The van der Waals surface area contributed by atoms with E-state index < -0.39 is 11.9 Å². The Morgan fingerprint density at radius 3 is 2.00 bits per heavy atom. The molecule has 11 heavy (non-hydrogen) atoms. The van der Waals surface area contributed by atoms with Crippen LogP contribution in [-0.2, 0) is 19.1 Å². The molecule has 58 valence electrons. The minimum absolute atomic E-state index is 0. The van der Waals surface area contributed by atoms with E-state index in [0.717, 1.165) is 6.92 Å². The van der Waals surface area contributed by atoms with Crippen LogP contribution in [0.2, 0.25) is 0 Å². The molecule has 0 saturated heterocycles. The van der Waals surface area contributed by atoms with Gasteiger partial charge in [-0.2, -0.15) is 0 Å². The van der Waals surface area contributed by atoms with E-state index in [1.54, 1.807) is 0 Å². The number of hydrogen-bond acceptors (Lipinski definition) is 4. The van der Waals surface area contributed by atoms with Gasteiger partial charge in [0.2, 0.25) is 0 Å². The molecular formula is C6H9NaO4. The third kappa shape index (κ3) is 9.81. The van der Waals surface area contributed by atoms with Crippen molar-refractivity contribution >= 4 is 17.7 Å². The minimum Gasteiger partial charge on any atom is -1.00 e. The van der Waals surface area contributed by atoms with Gasteiger partial charge in [-0.05, 0) is 6.92 Å². The van der Waals surface area contributed by atoms with Crippen molar-refractivity contribution in [1.29, 1.82) is 0 Å². The fraction of sp³-hybridized carbons (Fsp3) is 0.500. The monoisotopic (exact) mass is 168 g/mol. The van der Waals surface area contributed by atoms with E-state index in [0.29, 0.717) is 0 Å². The predicted molar refractivity (Wildman–Crippen MR) is 33.2 cm³/mol. The zero-order valence-corrected chi connectivity index (χ0v) is 8.84. The van der Waals surface area contributed by atoms with Crippen molar-refractivity contribution in [2.75, 3.05) is 0 Å². The maximum Gasteiger partial charge on any atom is 1.00 e. The molecular weight excluding hydrogens is 159 g/mol. The van der Waals surface area contributed by atoms with Gasteiger partial charge < -0.3 is 6.16 Å². The topological polar surface area (TPSA) is 60.4 Å². The summed E-state index contributed by atoms with van der Waals surface area (Å²) >= 11 is 0. The molecule has 0 aliphatic rings. The van der Waals surface area contributed by atoms with Crippen LogP contribution in [0.4, 0.5) is 0 Å². The Hall–Kier alpha value is -0.190. The summed E-state index contributed by atoms with van der Waals surface area (Å²) in [6.45, 7) is 2.36. The second-order valence-corrected chi connectivity index (χ2v) is 1.84. The van der Waals surface area contributed by atoms with Crippen molar-refractivity contribution in [2.24, 2.45) is 0 Å². The van der Waals surface area contributed by atoms with E-state index in [1.807, 2.05) is 0 Å². The number of ketones is 1. The van der Waals surface area contributed by atoms with Gasteiger partial charge in [0.25, 0.3) is 0 Å². The first-order valence-electron chi connectivity index (χ1n) is 2.73. The second kappa shape index (κ2) is 6.52. The normalized spacial score (nSPS) is 7.82. The van der Waals surface area contributed by atoms with Crippen molar-refractivity contribution in [3.63, 3.8) is 0 Å². The Balaban J connectivity index is -0.000000405. The van der Waals surface area contributed by atoms with E-state index in [-0.39, 0.29) is 43.2 Å². The molecule has 0 heterocycles. The van der Waals surface area contributed by atoms with Gasteiger partial charge in [0.15, 0.2) is 0 Å². The molecule has 0 fully saturated rings. The molecule has 0 rings (SSSR count). The first-order chi connectivity index (χ1) is 4.52. The van der Waals surface area contributed by atoms with Gasteiger partial charge in [0.1, 0.15) is 12.2 Å². The van der Waals surface area contributed by atoms with E-state index in [4.69, 9.17) is 0 Å². The molecule has 0 atom stereocenters. The molecule has 0 aliphatic carbocycles. The Kier molecular flexibility index (Phi) is 7.94. The summed E-state index contributed by atoms with van der Waals surface area (Å²) in [5.74, 6) is -1.79. The largest absolute Gasteiger partial charge is 1.00 e. The van der Waals surface area contributed by atoms with E-state index >= 15 is 0 Å². The van der Waals surface area contributed by atoms with Gasteiger partial charge in [-0.15, -0.1) is 0 Å². The maximum atomic E-state index is 10.4. The van der Waals surface area contributed by atoms with Crippen LogP contribution in [0.5, 0.6) is 0 Å². The second-order valence-electron chi connectivity index (χ2n) is 1.84. The average molecular weight is 168 g/mol. The van der Waals surface area contributed by atoms with Crippen LogP contribution in [0.1, 0.15) is 21.7 Å². The van der Waals surface area contributed by atoms with Crippen LogP contribution in [0, 0.1) is 0 Å². The predicted octanol–water partition coefficient (Wildman–Crippen LogP) is -2.83. The van der Waals surface area contributed by atoms with Crippen molar-refractivity contribution < 1.29 is 50.1 Å². The van der Waals surface area contributed by atoms with Gasteiger partial charge in [0.05, 0.1) is 0 Å². The number of hydrogen-bond donors (Lipinski definition) is 0. The van der Waals surface area contributed by atoms with Crippen molar-refractivity contribution in [3.05, 3.63) is 0 Å². The molecule has 4 nitrogen and oxygen atoms in total. The van der Waals surface area contributed by atoms with Crippen molar-refractivity contribution in [3.8, 4) is 0 Å². The van der Waals surface area contributed by atoms with Crippen LogP contribution in [0.3, 0.4) is 0 Å². The van der Waals surface area contributed by atoms with Gasteiger partial charge in [-0.1, -0.05) is 0 Å². The molecule has 5 heteroatoms. The summed E-state index contributed by atoms with van der Waals surface area (Å²) in [6.07, 6.45) is -0.334. The molecule has 0 aliphatic heterocycles. The van der Waals surface area contributed by atoms with E-state index in [2.05, 4.69) is 4.74 Å². The molecule has 0 saturated carbocycles. The maximum absolute atomic E-state index is 10.4. The molecule has 0 aromatic rings. The molecule has 0 aromatic heterocycles. The third-order valence-electron chi connectivity index (χ3n) is 0.651. The van der Waals surface area contributed by atoms with Gasteiger partial charge in [-0.25, -0.2) is 0 Å². The quantitative estimate of drug-likeness (QED) is 0.253. The fourth-order valence-corrected chi connectivity index (χ4v) is 0.400. The molecule has 0 spiro atoms. The summed E-state index contributed by atoms with van der Waals surface area (Å²) < 4.78 is 4.06. The van der Waals surface area contributed by atoms with Crippen molar-refractivity contribution in [2.45, 2.75) is 20.3 Å². The molecule has 0 aromatic carbocycles. The molecule has 0 amide bonds. The van der Waals surface area contributed by atoms with Gasteiger partial charge in [0, 0.05) is 6.92 Å². The molecule has 0 bridgehead atoms. The smallest absolute Gasteiger partial charge is 1.00 e. The number of carbonyl (C=O) groups is 3. The molecule has 0 unspecified atom stereocenters. The van der Waals surface area contributed by atoms with E-state index in [1.165, 1.54) is 6.92 Å². The summed E-state index contributed by atoms with van der Waals surface area (Å²) in [4.78, 5) is 30.7. The third-order valence-corrected chi connectivity index (χ3v) is 0.651. The number of ether oxygens (including phenoxy) is 1. The van der Waals surface area contributed by atoms with Gasteiger partial charge >= 0.3 is 41.5 Å². The van der Waals surface area contributed by atoms with Gasteiger partial charge in [-0.3, -0.25) is 14.4 Å². The Morgan fingerprint density at radius 1 is 1.27 bits per heavy atom. The summed E-state index contributed by atoms with van der Waals surface area (Å²) in [5, 5.41) is 0. The fourth-order valence-electron chi connectivity index (χ4n) is 0.400. The zero-order chi connectivity index (χ0) is 8.15. The van der Waals surface area contributed by atoms with Crippen LogP contribution in [0.25, 0.3) is 0 Å². The number of rotatable bonds is 2. The molecule has 0 radical (unpaired) electrons. The summed E-state index contributed by atoms with van der Waals surface area (Å²) in [5.41, 5.74) is 0. The Labute approximate surface area is 88.1 Å². The SMILES string of the molecule is CC(=O)CC(=O)OC(C)=O.[H-].[Na+]. The van der Waals surface area contributed by atoms with Crippen LogP contribution >= 0.6 is 0 Å². The van der Waals surface area contributed by atoms with Crippen LogP contribution in [0.15, 0.2) is 0 Å². The number of Topliss-reactive ketones (excluding diaryl/α,β-unsaturated/α-hetero) is 1. The average Bonchev–Trinajstić information content (AvgIpc) is 1.58. The zero-order valence-electron chi connectivity index (χ0n) is 7.84. The summed E-state index contributed by atoms with van der Waals surface area (Å²) in [6, 6.07) is 0. The summed E-state index contributed by atoms with van der Waals surface area (Å²) in [7, 11) is 0. The number of esters is 2. The van der Waals surface area contributed by atoms with E-state index in [9.17, 15) is 14.4 Å². The molecule has 0 N–H and O–H groups in total. The minimum atomic E-state index is -0.792. The van der Waals surface area contributed by atoms with Crippen LogP contribution in [-0.4, -0.2) is 17.7 Å². The van der Waals surface area contributed by atoms with Crippen LogP contribution < -0.4 is 29.6 Å².